The lowest BCUT2D eigenvalue weighted by molar-refractivity contribution is -0.126. The summed E-state index contributed by atoms with van der Waals surface area (Å²) in [6.07, 6.45) is 4.02. The van der Waals surface area contributed by atoms with Crippen LogP contribution in [0.2, 0.25) is 0 Å². The monoisotopic (exact) mass is 319 g/mol. The largest absolute Gasteiger partial charge is 0.383 e. The van der Waals surface area contributed by atoms with Gasteiger partial charge in [-0.15, -0.1) is 0 Å². The molecule has 6 heteroatoms. The second-order valence-electron chi connectivity index (χ2n) is 6.63. The molecule has 3 aliphatic heterocycles. The smallest absolute Gasteiger partial charge is 0.296 e. The van der Waals surface area contributed by atoms with Gasteiger partial charge in [-0.2, -0.15) is 0 Å². The van der Waals surface area contributed by atoms with E-state index in [4.69, 9.17) is 4.74 Å². The Morgan fingerprint density at radius 2 is 2.09 bits per heavy atom. The number of ketones is 1. The van der Waals surface area contributed by atoms with E-state index >= 15 is 0 Å². The molecule has 4 rings (SSSR count). The predicted octanol–water partition coefficient (Wildman–Crippen LogP) is 0.777. The molecule has 3 aliphatic rings. The highest BCUT2D eigenvalue weighted by atomic mass is 16.5. The number of methoxy groups -OCH3 is 1. The lowest BCUT2D eigenvalue weighted by Crippen LogP contribution is -2.46. The van der Waals surface area contributed by atoms with Crippen LogP contribution in [0.1, 0.15) is 23.3 Å². The lowest BCUT2D eigenvalue weighted by Gasteiger charge is -2.35. The first kappa shape index (κ1) is 16.2. The first-order valence-electron chi connectivity index (χ1n) is 8.28. The van der Waals surface area contributed by atoms with Crippen LogP contribution in [0.4, 0.5) is 0 Å². The predicted molar refractivity (Wildman–Crippen MR) is 86.3 cm³/mol. The minimum atomic E-state index is -0.401. The van der Waals surface area contributed by atoms with Crippen LogP contribution in [-0.2, 0) is 16.6 Å². The number of Topliss-reactive ketones (excluding diaryl/α,β-unsaturated/α-hetero) is 1. The maximum atomic E-state index is 12.7. The molecule has 2 atom stereocenters. The normalized spacial score (nSPS) is 24.7. The van der Waals surface area contributed by atoms with E-state index in [1.807, 2.05) is 0 Å². The third-order valence-electron chi connectivity index (χ3n) is 5.07. The molecule has 23 heavy (non-hydrogen) atoms. The van der Waals surface area contributed by atoms with E-state index in [9.17, 15) is 9.59 Å². The van der Waals surface area contributed by atoms with Gasteiger partial charge in [0, 0.05) is 52.6 Å². The first-order chi connectivity index (χ1) is 11.1. The van der Waals surface area contributed by atoms with Crippen molar-refractivity contribution in [1.29, 1.82) is 0 Å². The number of ether oxygens (including phenoxy) is 1. The van der Waals surface area contributed by atoms with Gasteiger partial charge in [0.15, 0.2) is 0 Å². The maximum Gasteiger partial charge on any atom is 0.296 e. The van der Waals surface area contributed by atoms with Gasteiger partial charge in [0.2, 0.25) is 0 Å². The second kappa shape index (κ2) is 6.84. The lowest BCUT2D eigenvalue weighted by atomic mass is 9.95. The van der Waals surface area contributed by atoms with E-state index in [0.717, 1.165) is 25.9 Å². The average Bonchev–Trinajstić information content (AvgIpc) is 2.79. The number of fused-ring (bicyclic) bond motifs is 4. The molecule has 0 aliphatic carbocycles. The van der Waals surface area contributed by atoms with Crippen molar-refractivity contribution in [3.8, 4) is 0 Å². The van der Waals surface area contributed by atoms with Gasteiger partial charge in [0.25, 0.3) is 11.7 Å². The Bertz CT molecular complexity index is 583. The first-order valence-corrected chi connectivity index (χ1v) is 8.28. The topological polar surface area (TPSA) is 54.8 Å². The number of nitrogens with zero attached hydrogens (tertiary/aromatic N) is 3. The molecule has 3 saturated heterocycles. The van der Waals surface area contributed by atoms with Gasteiger partial charge in [-0.25, -0.2) is 0 Å². The van der Waals surface area contributed by atoms with Crippen molar-refractivity contribution in [1.82, 2.24) is 14.4 Å². The van der Waals surface area contributed by atoms with E-state index < -0.39 is 5.78 Å². The molecule has 0 aromatic carbocycles. The Labute approximate surface area is 137 Å². The van der Waals surface area contributed by atoms with Crippen LogP contribution in [0.5, 0.6) is 0 Å². The highest BCUT2D eigenvalue weighted by Gasteiger charge is 2.38. The van der Waals surface area contributed by atoms with Crippen molar-refractivity contribution >= 4 is 11.7 Å². The number of carbonyl (C=O) groups is 2. The summed E-state index contributed by atoms with van der Waals surface area (Å²) < 4.78 is 6.89. The van der Waals surface area contributed by atoms with Crippen LogP contribution in [0.3, 0.4) is 0 Å². The molecule has 6 nitrogen and oxygen atoms in total. The van der Waals surface area contributed by atoms with Gasteiger partial charge in [-0.05, 0) is 30.9 Å². The zero-order chi connectivity index (χ0) is 16.4. The summed E-state index contributed by atoms with van der Waals surface area (Å²) in [4.78, 5) is 29.3. The molecule has 4 heterocycles. The molecule has 3 fully saturated rings. The minimum Gasteiger partial charge on any atom is -0.383 e. The number of aryl methyl sites for hydroxylation is 1. The number of hydrogen-bond acceptors (Lipinski definition) is 4. The molecule has 0 saturated carbocycles. The van der Waals surface area contributed by atoms with Crippen LogP contribution < -0.4 is 0 Å². The van der Waals surface area contributed by atoms with Crippen molar-refractivity contribution in [3.05, 3.63) is 24.0 Å². The molecule has 0 unspecified atom stereocenters. The van der Waals surface area contributed by atoms with Crippen LogP contribution in [0.15, 0.2) is 18.3 Å². The molecule has 0 spiro atoms. The van der Waals surface area contributed by atoms with Gasteiger partial charge >= 0.3 is 0 Å². The van der Waals surface area contributed by atoms with Crippen LogP contribution in [0.25, 0.3) is 0 Å². The molecule has 126 valence electrons. The van der Waals surface area contributed by atoms with Crippen LogP contribution >= 0.6 is 0 Å². The van der Waals surface area contributed by atoms with E-state index in [2.05, 4.69) is 4.90 Å². The maximum absolute atomic E-state index is 12.7. The number of hydrogen-bond donors (Lipinski definition) is 0. The molecular formula is C17H25N3O3. The van der Waals surface area contributed by atoms with Crippen molar-refractivity contribution in [2.75, 3.05) is 39.9 Å². The highest BCUT2D eigenvalue weighted by molar-refractivity contribution is 6.42. The number of aromatic nitrogens is 1. The average molecular weight is 319 g/mol. The van der Waals surface area contributed by atoms with E-state index in [1.165, 1.54) is 0 Å². The summed E-state index contributed by atoms with van der Waals surface area (Å²) in [6, 6.07) is 3.84. The Morgan fingerprint density at radius 1 is 1.26 bits per heavy atom. The molecule has 0 radical (unpaired) electrons. The van der Waals surface area contributed by atoms with E-state index in [0.29, 0.717) is 37.4 Å². The summed E-state index contributed by atoms with van der Waals surface area (Å²) >= 11 is 0. The summed E-state index contributed by atoms with van der Waals surface area (Å²) in [6.45, 7) is 3.94. The van der Waals surface area contributed by atoms with E-state index in [1.54, 1.807) is 42.0 Å². The van der Waals surface area contributed by atoms with Gasteiger partial charge in [0.05, 0.1) is 12.3 Å². The number of rotatable bonds is 5. The molecule has 1 amide bonds. The number of piperidine rings is 1. The van der Waals surface area contributed by atoms with Crippen LogP contribution in [0, 0.1) is 5.92 Å². The summed E-state index contributed by atoms with van der Waals surface area (Å²) in [5.41, 5.74) is 0.461. The molecule has 0 N–H and O–H groups in total. The summed E-state index contributed by atoms with van der Waals surface area (Å²) in [7, 11) is 3.50. The summed E-state index contributed by atoms with van der Waals surface area (Å²) in [5, 5.41) is 0. The fourth-order valence-electron chi connectivity index (χ4n) is 3.78. The quantitative estimate of drug-likeness (QED) is 0.594. The number of carbonyl (C=O) groups excluding carboxylic acids is 2. The highest BCUT2D eigenvalue weighted by Crippen LogP contribution is 2.28. The molecular weight excluding hydrogens is 294 g/mol. The Morgan fingerprint density at radius 3 is 2.78 bits per heavy atom. The van der Waals surface area contributed by atoms with Gasteiger partial charge in [0.1, 0.15) is 0 Å². The Hall–Kier alpha value is -1.66. The zero-order valence-electron chi connectivity index (χ0n) is 13.9. The van der Waals surface area contributed by atoms with Crippen LogP contribution in [-0.4, -0.2) is 72.0 Å². The standard InChI is InChI=1S/C17H25N3O3/c1-18-7-3-4-15(18)16(21)17(22)20-11-13-5-6-14(12-20)19(10-13)8-9-23-2/h3-4,7,13-14H,5-6,8-12H2,1-2H3/t13-,14-/m1/s1. The van der Waals surface area contributed by atoms with Crippen molar-refractivity contribution in [2.24, 2.45) is 13.0 Å². The number of amides is 1. The molecule has 2 bridgehead atoms. The fraction of sp³-hybridized carbons (Fsp3) is 0.647. The van der Waals surface area contributed by atoms with Crippen molar-refractivity contribution in [2.45, 2.75) is 18.9 Å². The van der Waals surface area contributed by atoms with Crippen molar-refractivity contribution < 1.29 is 14.3 Å². The Kier molecular flexibility index (Phi) is 4.82. The second-order valence-corrected chi connectivity index (χ2v) is 6.63. The molecule has 1 aromatic rings. The minimum absolute atomic E-state index is 0.342. The van der Waals surface area contributed by atoms with Crippen molar-refractivity contribution in [3.63, 3.8) is 0 Å². The third-order valence-corrected chi connectivity index (χ3v) is 5.07. The van der Waals surface area contributed by atoms with E-state index in [-0.39, 0.29) is 5.91 Å². The molecule has 1 aromatic heterocycles. The van der Waals surface area contributed by atoms with Gasteiger partial charge < -0.3 is 14.2 Å². The third kappa shape index (κ3) is 3.33. The van der Waals surface area contributed by atoms with Gasteiger partial charge in [-0.1, -0.05) is 0 Å². The van der Waals surface area contributed by atoms with Gasteiger partial charge in [-0.3, -0.25) is 14.5 Å². The zero-order valence-corrected chi connectivity index (χ0v) is 13.9. The summed E-state index contributed by atoms with van der Waals surface area (Å²) in [5.74, 6) is -0.310. The fourth-order valence-corrected chi connectivity index (χ4v) is 3.78. The Balaban J connectivity index is 1.70. The SMILES string of the molecule is COCCN1C[C@H]2CC[C@@H]1CN(C(=O)C(=O)c1cccn1C)C2.